The lowest BCUT2D eigenvalue weighted by Gasteiger charge is -2.25. The summed E-state index contributed by atoms with van der Waals surface area (Å²) in [6.45, 7) is 0.764. The van der Waals surface area contributed by atoms with Gasteiger partial charge in [0.15, 0.2) is 6.29 Å². The summed E-state index contributed by atoms with van der Waals surface area (Å²) in [4.78, 5) is 21.9. The van der Waals surface area contributed by atoms with Crippen molar-refractivity contribution in [3.63, 3.8) is 0 Å². The SMILES string of the molecule is O=Cc1ccc(=O)n(CC2CCC2)c1. The topological polar surface area (TPSA) is 39.1 Å². The van der Waals surface area contributed by atoms with Crippen molar-refractivity contribution < 1.29 is 4.79 Å². The van der Waals surface area contributed by atoms with E-state index in [2.05, 4.69) is 0 Å². The van der Waals surface area contributed by atoms with Gasteiger partial charge in [-0.15, -0.1) is 0 Å². The molecule has 1 aliphatic carbocycles. The molecule has 3 nitrogen and oxygen atoms in total. The Labute approximate surface area is 82.4 Å². The highest BCUT2D eigenvalue weighted by molar-refractivity contribution is 5.73. The van der Waals surface area contributed by atoms with E-state index in [1.54, 1.807) is 16.8 Å². The molecule has 1 aliphatic rings. The van der Waals surface area contributed by atoms with Gasteiger partial charge in [0.1, 0.15) is 0 Å². The Morgan fingerprint density at radius 3 is 2.79 bits per heavy atom. The van der Waals surface area contributed by atoms with Crippen molar-refractivity contribution in [1.29, 1.82) is 0 Å². The van der Waals surface area contributed by atoms with Crippen LogP contribution in [-0.2, 0) is 6.54 Å². The molecule has 74 valence electrons. The summed E-state index contributed by atoms with van der Waals surface area (Å²) in [5.41, 5.74) is 0.562. The van der Waals surface area contributed by atoms with Crippen molar-refractivity contribution in [2.24, 2.45) is 5.92 Å². The molecule has 1 aromatic rings. The van der Waals surface area contributed by atoms with Crippen molar-refractivity contribution in [3.05, 3.63) is 34.2 Å². The lowest BCUT2D eigenvalue weighted by molar-refractivity contribution is 0.112. The van der Waals surface area contributed by atoms with Gasteiger partial charge in [0, 0.05) is 24.4 Å². The Balaban J connectivity index is 2.21. The van der Waals surface area contributed by atoms with Crippen molar-refractivity contribution in [1.82, 2.24) is 4.57 Å². The Hall–Kier alpha value is -1.38. The standard InChI is InChI=1S/C11H13NO2/c13-8-10-4-5-11(14)12(7-10)6-9-2-1-3-9/h4-5,7-9H,1-3,6H2. The molecule has 0 unspecified atom stereocenters. The first-order valence-corrected chi connectivity index (χ1v) is 4.95. The van der Waals surface area contributed by atoms with Crippen molar-refractivity contribution in [2.45, 2.75) is 25.8 Å². The van der Waals surface area contributed by atoms with Crippen LogP contribution in [0.4, 0.5) is 0 Å². The molecule has 0 atom stereocenters. The van der Waals surface area contributed by atoms with Gasteiger partial charge in [-0.3, -0.25) is 9.59 Å². The highest BCUT2D eigenvalue weighted by atomic mass is 16.1. The number of aldehydes is 1. The molecule has 0 N–H and O–H groups in total. The Morgan fingerprint density at radius 1 is 1.43 bits per heavy atom. The molecule has 3 heteroatoms. The van der Waals surface area contributed by atoms with Crippen LogP contribution in [0.25, 0.3) is 0 Å². The molecule has 1 saturated carbocycles. The second-order valence-electron chi connectivity index (χ2n) is 3.87. The first-order valence-electron chi connectivity index (χ1n) is 4.95. The maximum absolute atomic E-state index is 11.4. The van der Waals surface area contributed by atoms with Gasteiger partial charge in [-0.05, 0) is 24.8 Å². The molecule has 0 amide bonds. The van der Waals surface area contributed by atoms with Gasteiger partial charge in [0.25, 0.3) is 5.56 Å². The molecular formula is C11H13NO2. The van der Waals surface area contributed by atoms with Gasteiger partial charge in [-0.1, -0.05) is 6.42 Å². The van der Waals surface area contributed by atoms with Gasteiger partial charge in [0.2, 0.25) is 0 Å². The zero-order chi connectivity index (χ0) is 9.97. The van der Waals surface area contributed by atoms with E-state index in [1.807, 2.05) is 0 Å². The van der Waals surface area contributed by atoms with Crippen molar-refractivity contribution in [2.75, 3.05) is 0 Å². The summed E-state index contributed by atoms with van der Waals surface area (Å²) in [6.07, 6.45) is 6.10. The fourth-order valence-corrected chi connectivity index (χ4v) is 1.72. The van der Waals surface area contributed by atoms with Crippen LogP contribution >= 0.6 is 0 Å². The maximum Gasteiger partial charge on any atom is 0.250 e. The van der Waals surface area contributed by atoms with E-state index in [0.29, 0.717) is 11.5 Å². The zero-order valence-electron chi connectivity index (χ0n) is 7.98. The average Bonchev–Trinajstić information content (AvgIpc) is 2.14. The van der Waals surface area contributed by atoms with E-state index in [9.17, 15) is 9.59 Å². The third kappa shape index (κ3) is 1.76. The predicted molar refractivity (Wildman–Crippen MR) is 53.4 cm³/mol. The van der Waals surface area contributed by atoms with Crippen LogP contribution in [0, 0.1) is 5.92 Å². The van der Waals surface area contributed by atoms with E-state index < -0.39 is 0 Å². The number of carbonyl (C=O) groups excluding carboxylic acids is 1. The molecule has 2 rings (SSSR count). The second kappa shape index (κ2) is 3.78. The molecule has 0 aromatic carbocycles. The molecule has 0 bridgehead atoms. The second-order valence-corrected chi connectivity index (χ2v) is 3.87. The van der Waals surface area contributed by atoms with Gasteiger partial charge < -0.3 is 4.57 Å². The summed E-state index contributed by atoms with van der Waals surface area (Å²) in [5, 5.41) is 0. The fourth-order valence-electron chi connectivity index (χ4n) is 1.72. The largest absolute Gasteiger partial charge is 0.315 e. The Bertz CT molecular complexity index is 391. The monoisotopic (exact) mass is 191 g/mol. The number of nitrogens with zero attached hydrogens (tertiary/aromatic N) is 1. The average molecular weight is 191 g/mol. The molecule has 14 heavy (non-hydrogen) atoms. The quantitative estimate of drug-likeness (QED) is 0.678. The summed E-state index contributed by atoms with van der Waals surface area (Å²) in [5.74, 6) is 0.634. The van der Waals surface area contributed by atoms with Crippen LogP contribution in [0.2, 0.25) is 0 Å². The van der Waals surface area contributed by atoms with Crippen LogP contribution in [0.15, 0.2) is 23.1 Å². The summed E-state index contributed by atoms with van der Waals surface area (Å²) >= 11 is 0. The number of aromatic nitrogens is 1. The van der Waals surface area contributed by atoms with Crippen LogP contribution in [0.1, 0.15) is 29.6 Å². The minimum absolute atomic E-state index is 0.0116. The lowest BCUT2D eigenvalue weighted by Crippen LogP contribution is -2.26. The fraction of sp³-hybridized carbons (Fsp3) is 0.455. The smallest absolute Gasteiger partial charge is 0.250 e. The lowest BCUT2D eigenvalue weighted by atomic mass is 9.85. The van der Waals surface area contributed by atoms with Gasteiger partial charge in [-0.2, -0.15) is 0 Å². The van der Waals surface area contributed by atoms with E-state index in [0.717, 1.165) is 12.8 Å². The van der Waals surface area contributed by atoms with Crippen LogP contribution in [-0.4, -0.2) is 10.9 Å². The number of hydrogen-bond donors (Lipinski definition) is 0. The third-order valence-electron chi connectivity index (χ3n) is 2.82. The van der Waals surface area contributed by atoms with Crippen LogP contribution in [0.3, 0.4) is 0 Å². The molecule has 0 radical (unpaired) electrons. The van der Waals surface area contributed by atoms with Gasteiger partial charge in [0.05, 0.1) is 0 Å². The highest BCUT2D eigenvalue weighted by Crippen LogP contribution is 2.27. The van der Waals surface area contributed by atoms with E-state index in [1.165, 1.54) is 25.3 Å². The zero-order valence-corrected chi connectivity index (χ0v) is 7.98. The third-order valence-corrected chi connectivity index (χ3v) is 2.82. The predicted octanol–water partition coefficient (Wildman–Crippen LogP) is 1.46. The number of rotatable bonds is 3. The van der Waals surface area contributed by atoms with E-state index in [-0.39, 0.29) is 5.56 Å². The molecular weight excluding hydrogens is 178 g/mol. The summed E-state index contributed by atoms with van der Waals surface area (Å²) < 4.78 is 1.65. The van der Waals surface area contributed by atoms with Gasteiger partial charge >= 0.3 is 0 Å². The molecule has 1 fully saturated rings. The van der Waals surface area contributed by atoms with Gasteiger partial charge in [-0.25, -0.2) is 0 Å². The molecule has 0 spiro atoms. The maximum atomic E-state index is 11.4. The van der Waals surface area contributed by atoms with Crippen LogP contribution in [0.5, 0.6) is 0 Å². The van der Waals surface area contributed by atoms with Crippen molar-refractivity contribution in [3.8, 4) is 0 Å². The number of pyridine rings is 1. The minimum Gasteiger partial charge on any atom is -0.315 e. The highest BCUT2D eigenvalue weighted by Gasteiger charge is 2.17. The Morgan fingerprint density at radius 2 is 2.21 bits per heavy atom. The molecule has 0 saturated heterocycles. The van der Waals surface area contributed by atoms with E-state index in [4.69, 9.17) is 0 Å². The summed E-state index contributed by atoms with van der Waals surface area (Å²) in [6, 6.07) is 3.02. The Kier molecular flexibility index (Phi) is 2.48. The number of carbonyl (C=O) groups is 1. The number of hydrogen-bond acceptors (Lipinski definition) is 2. The molecule has 0 aliphatic heterocycles. The van der Waals surface area contributed by atoms with E-state index >= 15 is 0 Å². The molecule has 1 aromatic heterocycles. The van der Waals surface area contributed by atoms with Crippen LogP contribution < -0.4 is 5.56 Å². The first kappa shape index (κ1) is 9.19. The normalized spacial score (nSPS) is 16.3. The first-order chi connectivity index (χ1) is 6.79. The summed E-state index contributed by atoms with van der Waals surface area (Å²) in [7, 11) is 0. The van der Waals surface area contributed by atoms with Crippen molar-refractivity contribution >= 4 is 6.29 Å². The minimum atomic E-state index is -0.0116. The molecule has 1 heterocycles.